The summed E-state index contributed by atoms with van der Waals surface area (Å²) in [5, 5.41) is 0. The van der Waals surface area contributed by atoms with E-state index in [4.69, 9.17) is 14.2 Å². The first-order valence-electron chi connectivity index (χ1n) is 31.5. The molecule has 6 heteroatoms. The summed E-state index contributed by atoms with van der Waals surface area (Å²) in [6, 6.07) is 0. The number of ether oxygens (including phenoxy) is 3. The average molecular weight is 1050 g/mol. The Morgan fingerprint density at radius 2 is 0.513 bits per heavy atom. The molecule has 0 aliphatic rings. The molecule has 0 aromatic carbocycles. The largest absolute Gasteiger partial charge is 0.462 e. The predicted octanol–water partition coefficient (Wildman–Crippen LogP) is 21.6. The summed E-state index contributed by atoms with van der Waals surface area (Å²) in [5.41, 5.74) is 0. The van der Waals surface area contributed by atoms with Gasteiger partial charge in [-0.25, -0.2) is 0 Å². The van der Waals surface area contributed by atoms with Crippen molar-refractivity contribution in [2.75, 3.05) is 13.2 Å². The van der Waals surface area contributed by atoms with E-state index in [2.05, 4.69) is 142 Å². The highest BCUT2D eigenvalue weighted by molar-refractivity contribution is 5.71. The summed E-state index contributed by atoms with van der Waals surface area (Å²) < 4.78 is 16.9. The lowest BCUT2D eigenvalue weighted by Gasteiger charge is -2.18. The first kappa shape index (κ1) is 71.8. The van der Waals surface area contributed by atoms with Crippen LogP contribution >= 0.6 is 0 Å². The van der Waals surface area contributed by atoms with Gasteiger partial charge in [-0.2, -0.15) is 0 Å². The standard InChI is InChI=1S/C70H116O6/c1-4-7-10-13-16-19-22-25-28-30-32-33-34-35-36-37-38-40-42-45-48-51-54-57-60-63-69(72)75-66-67(65-74-68(71)62-59-56-53-50-47-44-41-27-24-21-18-15-12-9-6-3)76-70(73)64-61-58-55-52-49-46-43-39-31-29-26-23-20-17-14-11-8-5-2/h7,9-10,12,16,18-19,21,25,27-28,32-33,35-36,38,40-41,45,48,67H,4-6,8,11,13-15,17,20,22-24,26,29-31,34,37,39,42-44,46-47,49-66H2,1-3H3/b10-7-,12-9-,19-16-,21-18-,28-25-,33-32-,36-35-,40-38-,41-27-,48-45-. The number of allylic oxidation sites excluding steroid dienone is 20. The highest BCUT2D eigenvalue weighted by Gasteiger charge is 2.19. The molecule has 0 heterocycles. The third-order valence-electron chi connectivity index (χ3n) is 13.2. The van der Waals surface area contributed by atoms with Gasteiger partial charge in [0.1, 0.15) is 13.2 Å². The number of hydrogen-bond donors (Lipinski definition) is 0. The quantitative estimate of drug-likeness (QED) is 0.0261. The van der Waals surface area contributed by atoms with Gasteiger partial charge >= 0.3 is 17.9 Å². The molecule has 6 nitrogen and oxygen atoms in total. The van der Waals surface area contributed by atoms with Crippen LogP contribution in [-0.2, 0) is 28.6 Å². The highest BCUT2D eigenvalue weighted by atomic mass is 16.6. The Balaban J connectivity index is 4.45. The molecule has 0 fully saturated rings. The summed E-state index contributed by atoms with van der Waals surface area (Å²) in [7, 11) is 0. The Morgan fingerprint density at radius 3 is 0.816 bits per heavy atom. The van der Waals surface area contributed by atoms with E-state index >= 15 is 0 Å². The van der Waals surface area contributed by atoms with Crippen molar-refractivity contribution in [3.63, 3.8) is 0 Å². The van der Waals surface area contributed by atoms with Gasteiger partial charge in [-0.3, -0.25) is 14.4 Å². The number of hydrogen-bond acceptors (Lipinski definition) is 6. The maximum Gasteiger partial charge on any atom is 0.306 e. The third-order valence-corrected chi connectivity index (χ3v) is 13.2. The predicted molar refractivity (Wildman–Crippen MR) is 330 cm³/mol. The van der Waals surface area contributed by atoms with Gasteiger partial charge in [0.2, 0.25) is 0 Å². The van der Waals surface area contributed by atoms with E-state index in [1.807, 2.05) is 0 Å². The topological polar surface area (TPSA) is 78.9 Å². The minimum absolute atomic E-state index is 0.0984. The van der Waals surface area contributed by atoms with Crippen molar-refractivity contribution in [1.82, 2.24) is 0 Å². The van der Waals surface area contributed by atoms with Gasteiger partial charge in [0, 0.05) is 19.3 Å². The molecular formula is C70H116O6. The van der Waals surface area contributed by atoms with Crippen LogP contribution in [0.25, 0.3) is 0 Å². The Hall–Kier alpha value is -4.19. The minimum Gasteiger partial charge on any atom is -0.462 e. The molecule has 0 bridgehead atoms. The molecule has 0 N–H and O–H groups in total. The smallest absolute Gasteiger partial charge is 0.306 e. The van der Waals surface area contributed by atoms with E-state index in [9.17, 15) is 14.4 Å². The van der Waals surface area contributed by atoms with Crippen molar-refractivity contribution in [1.29, 1.82) is 0 Å². The van der Waals surface area contributed by atoms with Crippen LogP contribution in [0.2, 0.25) is 0 Å². The summed E-state index contributed by atoms with van der Waals surface area (Å²) in [6.45, 7) is 6.39. The maximum absolute atomic E-state index is 12.9. The van der Waals surface area contributed by atoms with Crippen molar-refractivity contribution in [3.05, 3.63) is 122 Å². The van der Waals surface area contributed by atoms with E-state index in [-0.39, 0.29) is 31.1 Å². The lowest BCUT2D eigenvalue weighted by Crippen LogP contribution is -2.30. The van der Waals surface area contributed by atoms with E-state index in [1.54, 1.807) is 0 Å². The van der Waals surface area contributed by atoms with Crippen molar-refractivity contribution in [2.45, 2.75) is 290 Å². The van der Waals surface area contributed by atoms with E-state index in [0.29, 0.717) is 19.3 Å². The number of carbonyl (C=O) groups is 3. The number of esters is 3. The van der Waals surface area contributed by atoms with Crippen LogP contribution in [0.5, 0.6) is 0 Å². The van der Waals surface area contributed by atoms with E-state index < -0.39 is 6.10 Å². The van der Waals surface area contributed by atoms with Crippen LogP contribution in [0.15, 0.2) is 122 Å². The SMILES string of the molecule is CC/C=C\C/C=C\C/C=C\C/C=C\C/C=C\C/C=C\C/C=C\CCCCCC(=O)OCC(COC(=O)CCCCCCC/C=C\C/C=C\C/C=C\CC)OC(=O)CCCCCCCCCCCCCCCCCCCC. The maximum atomic E-state index is 12.9. The molecule has 432 valence electrons. The fourth-order valence-electron chi connectivity index (χ4n) is 8.56. The summed E-state index contributed by atoms with van der Waals surface area (Å²) in [6.07, 6.45) is 87.7. The zero-order chi connectivity index (χ0) is 55.0. The fraction of sp³-hybridized carbons (Fsp3) is 0.671. The molecule has 0 saturated carbocycles. The molecule has 0 aromatic heterocycles. The van der Waals surface area contributed by atoms with Crippen LogP contribution in [0.1, 0.15) is 284 Å². The Morgan fingerprint density at radius 1 is 0.276 bits per heavy atom. The summed E-state index contributed by atoms with van der Waals surface area (Å²) in [4.78, 5) is 38.3. The first-order chi connectivity index (χ1) is 37.5. The summed E-state index contributed by atoms with van der Waals surface area (Å²) in [5.74, 6) is -0.941. The van der Waals surface area contributed by atoms with Gasteiger partial charge in [0.15, 0.2) is 6.10 Å². The van der Waals surface area contributed by atoms with Crippen LogP contribution in [0, 0.1) is 0 Å². The molecule has 0 spiro atoms. The monoisotopic (exact) mass is 1050 g/mol. The molecule has 1 atom stereocenters. The van der Waals surface area contributed by atoms with Crippen LogP contribution in [-0.4, -0.2) is 37.2 Å². The van der Waals surface area contributed by atoms with Crippen LogP contribution < -0.4 is 0 Å². The van der Waals surface area contributed by atoms with Crippen LogP contribution in [0.3, 0.4) is 0 Å². The average Bonchev–Trinajstić information content (AvgIpc) is 3.42. The van der Waals surface area contributed by atoms with Crippen molar-refractivity contribution in [2.24, 2.45) is 0 Å². The zero-order valence-corrected chi connectivity index (χ0v) is 49.5. The van der Waals surface area contributed by atoms with Gasteiger partial charge in [-0.15, -0.1) is 0 Å². The lowest BCUT2D eigenvalue weighted by molar-refractivity contribution is -0.167. The van der Waals surface area contributed by atoms with Crippen molar-refractivity contribution >= 4 is 17.9 Å². The molecule has 0 aliphatic carbocycles. The van der Waals surface area contributed by atoms with Gasteiger partial charge < -0.3 is 14.2 Å². The molecule has 0 radical (unpaired) electrons. The number of unbranched alkanes of at least 4 members (excludes halogenated alkanes) is 25. The molecule has 0 rings (SSSR count). The normalized spacial score (nSPS) is 12.9. The molecular weight excluding hydrogens is 937 g/mol. The Labute approximate surface area is 469 Å². The fourth-order valence-corrected chi connectivity index (χ4v) is 8.56. The summed E-state index contributed by atoms with van der Waals surface area (Å²) >= 11 is 0. The van der Waals surface area contributed by atoms with Gasteiger partial charge in [0.25, 0.3) is 0 Å². The lowest BCUT2D eigenvalue weighted by atomic mass is 10.0. The van der Waals surface area contributed by atoms with Gasteiger partial charge in [0.05, 0.1) is 0 Å². The third kappa shape index (κ3) is 60.7. The molecule has 76 heavy (non-hydrogen) atoms. The van der Waals surface area contributed by atoms with Crippen molar-refractivity contribution in [3.8, 4) is 0 Å². The minimum atomic E-state index is -0.802. The molecule has 1 unspecified atom stereocenters. The highest BCUT2D eigenvalue weighted by Crippen LogP contribution is 2.16. The number of carbonyl (C=O) groups excluding carboxylic acids is 3. The zero-order valence-electron chi connectivity index (χ0n) is 49.5. The van der Waals surface area contributed by atoms with Crippen molar-refractivity contribution < 1.29 is 28.6 Å². The Bertz CT molecular complexity index is 1590. The van der Waals surface area contributed by atoms with Gasteiger partial charge in [-0.05, 0) is 109 Å². The Kier molecular flexibility index (Phi) is 59.9. The molecule has 0 aromatic rings. The second-order valence-electron chi connectivity index (χ2n) is 20.6. The second-order valence-corrected chi connectivity index (χ2v) is 20.6. The molecule has 0 aliphatic heterocycles. The first-order valence-corrected chi connectivity index (χ1v) is 31.5. The second kappa shape index (κ2) is 63.3. The molecule has 0 amide bonds. The molecule has 0 saturated heterocycles. The van der Waals surface area contributed by atoms with Gasteiger partial charge in [-0.1, -0.05) is 277 Å². The number of rotatable bonds is 56. The van der Waals surface area contributed by atoms with Crippen LogP contribution in [0.4, 0.5) is 0 Å². The van der Waals surface area contributed by atoms with E-state index in [0.717, 1.165) is 148 Å². The van der Waals surface area contributed by atoms with E-state index in [1.165, 1.54) is 96.3 Å².